The normalized spacial score (nSPS) is 14.7. The molecule has 2 aromatic rings. The lowest BCUT2D eigenvalue weighted by Crippen LogP contribution is -2.28. The van der Waals surface area contributed by atoms with Crippen molar-refractivity contribution < 1.29 is 17.9 Å². The van der Waals surface area contributed by atoms with Crippen molar-refractivity contribution in [3.05, 3.63) is 70.3 Å². The van der Waals surface area contributed by atoms with E-state index in [4.69, 9.17) is 0 Å². The number of carbonyl (C=O) groups excluding carboxylic acids is 1. The van der Waals surface area contributed by atoms with Gasteiger partial charge in [0.1, 0.15) is 0 Å². The van der Waals surface area contributed by atoms with Gasteiger partial charge in [-0.05, 0) is 60.6 Å². The summed E-state index contributed by atoms with van der Waals surface area (Å²) in [4.78, 5) is 11.4. The largest absolute Gasteiger partial charge is 0.465 e. The fraction of sp³-hybridized carbons (Fsp3) is 0.350. The maximum absolute atomic E-state index is 12.5. The van der Waals surface area contributed by atoms with E-state index in [2.05, 4.69) is 21.6 Å². The fourth-order valence-electron chi connectivity index (χ4n) is 3.31. The summed E-state index contributed by atoms with van der Waals surface area (Å²) < 4.78 is 32.4. The van der Waals surface area contributed by atoms with Crippen LogP contribution in [0.15, 0.2) is 42.5 Å². The number of hydrogen-bond donors (Lipinski definition) is 1. The second-order valence-electron chi connectivity index (χ2n) is 6.67. The van der Waals surface area contributed by atoms with Crippen molar-refractivity contribution in [2.24, 2.45) is 0 Å². The first-order valence-corrected chi connectivity index (χ1v) is 10.3. The molecule has 2 aromatic carbocycles. The average Bonchev–Trinajstić information content (AvgIpc) is 3.08. The van der Waals surface area contributed by atoms with Gasteiger partial charge in [0.15, 0.2) is 0 Å². The van der Waals surface area contributed by atoms with E-state index in [1.165, 1.54) is 24.7 Å². The third kappa shape index (κ3) is 4.31. The lowest BCUT2D eigenvalue weighted by atomic mass is 10.0. The van der Waals surface area contributed by atoms with Gasteiger partial charge in [0, 0.05) is 6.04 Å². The summed E-state index contributed by atoms with van der Waals surface area (Å²) in [6.07, 6.45) is 3.34. The van der Waals surface area contributed by atoms with E-state index >= 15 is 0 Å². The molecule has 1 aliphatic carbocycles. The summed E-state index contributed by atoms with van der Waals surface area (Å²) in [5.41, 5.74) is 4.69. The molecule has 1 aliphatic rings. The molecular weight excluding hydrogens is 350 g/mol. The Labute approximate surface area is 154 Å². The molecule has 0 saturated carbocycles. The maximum Gasteiger partial charge on any atom is 0.337 e. The van der Waals surface area contributed by atoms with Crippen molar-refractivity contribution in [3.63, 3.8) is 0 Å². The minimum atomic E-state index is -3.50. The number of rotatable bonds is 6. The number of hydrogen-bond acceptors (Lipinski definition) is 4. The molecule has 0 aliphatic heterocycles. The van der Waals surface area contributed by atoms with Crippen LogP contribution in [0.5, 0.6) is 0 Å². The number of carbonyl (C=O) groups is 1. The van der Waals surface area contributed by atoms with Gasteiger partial charge in [-0.2, -0.15) is 0 Å². The second kappa shape index (κ2) is 7.60. The van der Waals surface area contributed by atoms with E-state index in [0.717, 1.165) is 18.4 Å². The van der Waals surface area contributed by atoms with Gasteiger partial charge in [-0.15, -0.1) is 0 Å². The topological polar surface area (TPSA) is 72.5 Å². The number of esters is 1. The van der Waals surface area contributed by atoms with Gasteiger partial charge in [-0.1, -0.05) is 30.3 Å². The Hall–Kier alpha value is -2.18. The number of fused-ring (bicyclic) bond motifs is 1. The summed E-state index contributed by atoms with van der Waals surface area (Å²) in [6.45, 7) is 1.86. The maximum atomic E-state index is 12.5. The summed E-state index contributed by atoms with van der Waals surface area (Å²) >= 11 is 0. The Kier molecular flexibility index (Phi) is 5.44. The lowest BCUT2D eigenvalue weighted by Gasteiger charge is -2.16. The van der Waals surface area contributed by atoms with Gasteiger partial charge in [-0.25, -0.2) is 17.9 Å². The van der Waals surface area contributed by atoms with Crippen molar-refractivity contribution in [2.75, 3.05) is 7.11 Å². The number of sulfonamides is 1. The molecule has 0 radical (unpaired) electrons. The quantitative estimate of drug-likeness (QED) is 0.790. The molecule has 1 atom stereocenters. The molecule has 6 heteroatoms. The van der Waals surface area contributed by atoms with Crippen LogP contribution in [0.25, 0.3) is 0 Å². The van der Waals surface area contributed by atoms with Crippen molar-refractivity contribution in [1.29, 1.82) is 0 Å². The minimum Gasteiger partial charge on any atom is -0.465 e. The summed E-state index contributed by atoms with van der Waals surface area (Å²) in [5, 5.41) is 0. The van der Waals surface area contributed by atoms with Crippen LogP contribution in [0.3, 0.4) is 0 Å². The van der Waals surface area contributed by atoms with Gasteiger partial charge in [0.2, 0.25) is 10.0 Å². The first-order chi connectivity index (χ1) is 12.4. The molecule has 3 rings (SSSR count). The Bertz CT molecular complexity index is 904. The highest BCUT2D eigenvalue weighted by molar-refractivity contribution is 7.88. The number of ether oxygens (including phenoxy) is 1. The molecule has 0 heterocycles. The number of methoxy groups -OCH3 is 1. The van der Waals surface area contributed by atoms with E-state index in [0.29, 0.717) is 11.1 Å². The molecule has 0 amide bonds. The fourth-order valence-corrected chi connectivity index (χ4v) is 4.70. The highest BCUT2D eigenvalue weighted by atomic mass is 32.2. The molecule has 26 heavy (non-hydrogen) atoms. The van der Waals surface area contributed by atoms with Crippen LogP contribution in [0.2, 0.25) is 0 Å². The second-order valence-corrected chi connectivity index (χ2v) is 8.42. The number of nitrogens with one attached hydrogen (secondary N) is 1. The molecule has 0 bridgehead atoms. The molecular formula is C20H23NO4S. The smallest absolute Gasteiger partial charge is 0.337 e. The van der Waals surface area contributed by atoms with E-state index < -0.39 is 16.0 Å². The standard InChI is InChI=1S/C20H23NO4S/c1-14(18-11-10-16-4-3-5-19(16)12-18)21-26(23,24)13-15-6-8-17(9-7-15)20(22)25-2/h6-12,14,21H,3-5,13H2,1-2H3/t14-/m1/s1. The third-order valence-corrected chi connectivity index (χ3v) is 6.14. The number of benzene rings is 2. The van der Waals surface area contributed by atoms with Gasteiger partial charge in [0.25, 0.3) is 0 Å². The summed E-state index contributed by atoms with van der Waals surface area (Å²) in [7, 11) is -2.19. The SMILES string of the molecule is COC(=O)c1ccc(CS(=O)(=O)N[C@H](C)c2ccc3c(c2)CCC3)cc1. The van der Waals surface area contributed by atoms with Crippen molar-refractivity contribution in [3.8, 4) is 0 Å². The van der Waals surface area contributed by atoms with Gasteiger partial charge in [0.05, 0.1) is 18.4 Å². The van der Waals surface area contributed by atoms with E-state index in [1.807, 2.05) is 13.0 Å². The average molecular weight is 373 g/mol. The summed E-state index contributed by atoms with van der Waals surface area (Å²) in [5.74, 6) is -0.577. The van der Waals surface area contributed by atoms with E-state index in [-0.39, 0.29) is 11.8 Å². The minimum absolute atomic E-state index is 0.135. The molecule has 138 valence electrons. The first-order valence-electron chi connectivity index (χ1n) is 8.67. The van der Waals surface area contributed by atoms with Crippen LogP contribution >= 0.6 is 0 Å². The Morgan fingerprint density at radius 2 is 1.81 bits per heavy atom. The van der Waals surface area contributed by atoms with Crippen LogP contribution in [0.4, 0.5) is 0 Å². The Morgan fingerprint density at radius 1 is 1.12 bits per heavy atom. The van der Waals surface area contributed by atoms with Crippen LogP contribution in [0.1, 0.15) is 52.0 Å². The number of aryl methyl sites for hydroxylation is 2. The molecule has 0 fully saturated rings. The molecule has 0 spiro atoms. The lowest BCUT2D eigenvalue weighted by molar-refractivity contribution is 0.0600. The molecule has 0 unspecified atom stereocenters. The van der Waals surface area contributed by atoms with Gasteiger partial charge < -0.3 is 4.74 Å². The van der Waals surface area contributed by atoms with Gasteiger partial charge >= 0.3 is 5.97 Å². The molecule has 0 aromatic heterocycles. The highest BCUT2D eigenvalue weighted by Gasteiger charge is 2.19. The molecule has 1 N–H and O–H groups in total. The summed E-state index contributed by atoms with van der Waals surface area (Å²) in [6, 6.07) is 12.3. The van der Waals surface area contributed by atoms with Crippen LogP contribution in [-0.2, 0) is 33.4 Å². The predicted molar refractivity (Wildman–Crippen MR) is 100 cm³/mol. The zero-order chi connectivity index (χ0) is 18.7. The van der Waals surface area contributed by atoms with Crippen molar-refractivity contribution in [2.45, 2.75) is 38.0 Å². The monoisotopic (exact) mass is 373 g/mol. The predicted octanol–water partition coefficient (Wildman–Crippen LogP) is 3.14. The highest BCUT2D eigenvalue weighted by Crippen LogP contribution is 2.25. The first kappa shape index (κ1) is 18.6. The van der Waals surface area contributed by atoms with E-state index in [9.17, 15) is 13.2 Å². The Morgan fingerprint density at radius 3 is 2.50 bits per heavy atom. The zero-order valence-corrected chi connectivity index (χ0v) is 15.8. The van der Waals surface area contributed by atoms with Crippen LogP contribution < -0.4 is 4.72 Å². The Balaban J connectivity index is 1.67. The molecule has 5 nitrogen and oxygen atoms in total. The zero-order valence-electron chi connectivity index (χ0n) is 15.0. The van der Waals surface area contributed by atoms with Crippen LogP contribution in [0, 0.1) is 0 Å². The van der Waals surface area contributed by atoms with E-state index in [1.54, 1.807) is 24.3 Å². The molecule has 0 saturated heterocycles. The van der Waals surface area contributed by atoms with Crippen LogP contribution in [-0.4, -0.2) is 21.5 Å². The van der Waals surface area contributed by atoms with Gasteiger partial charge in [-0.3, -0.25) is 0 Å². The third-order valence-electron chi connectivity index (χ3n) is 4.71. The van der Waals surface area contributed by atoms with Crippen molar-refractivity contribution in [1.82, 2.24) is 4.72 Å². The van der Waals surface area contributed by atoms with Crippen molar-refractivity contribution >= 4 is 16.0 Å².